The first-order chi connectivity index (χ1) is 8.71. The molecule has 0 amide bonds. The van der Waals surface area contributed by atoms with Gasteiger partial charge in [0.05, 0.1) is 0 Å². The Morgan fingerprint density at radius 1 is 1.26 bits per heavy atom. The molecule has 0 heterocycles. The fraction of sp³-hybridized carbons (Fsp3) is 0.588. The monoisotopic (exact) mass is 261 g/mol. The molecule has 19 heavy (non-hydrogen) atoms. The van der Waals surface area contributed by atoms with Crippen LogP contribution in [0.2, 0.25) is 0 Å². The Morgan fingerprint density at radius 3 is 2.42 bits per heavy atom. The number of ketones is 1. The third-order valence-electron chi connectivity index (χ3n) is 3.51. The second kappa shape index (κ2) is 6.23. The summed E-state index contributed by atoms with van der Waals surface area (Å²) in [4.78, 5) is 13.3. The highest BCUT2D eigenvalue weighted by Gasteiger charge is 2.15. The molecule has 0 atom stereocenters. The highest BCUT2D eigenvalue weighted by atomic mass is 16.1. The summed E-state index contributed by atoms with van der Waals surface area (Å²) in [5, 5.41) is 0. The third kappa shape index (κ3) is 4.70. The van der Waals surface area contributed by atoms with Gasteiger partial charge in [0.1, 0.15) is 5.78 Å². The van der Waals surface area contributed by atoms with Gasteiger partial charge in [-0.2, -0.15) is 0 Å². The van der Waals surface area contributed by atoms with Crippen LogP contribution in [-0.4, -0.2) is 19.4 Å². The van der Waals surface area contributed by atoms with E-state index in [0.717, 1.165) is 13.0 Å². The van der Waals surface area contributed by atoms with E-state index < -0.39 is 0 Å². The predicted molar refractivity (Wildman–Crippen MR) is 83.1 cm³/mol. The molecule has 0 aliphatic carbocycles. The van der Waals surface area contributed by atoms with Crippen LogP contribution in [-0.2, 0) is 10.2 Å². The van der Waals surface area contributed by atoms with Gasteiger partial charge in [0, 0.05) is 25.7 Å². The Labute approximate surface area is 117 Å². The van der Waals surface area contributed by atoms with Crippen molar-refractivity contribution in [3.63, 3.8) is 0 Å². The SMILES string of the molecule is CC(=O)CCCN(C)c1cc(C(C)(C)C)ccc1C. The second-order valence-corrected chi connectivity index (χ2v) is 6.48. The van der Waals surface area contributed by atoms with Gasteiger partial charge in [0.15, 0.2) is 0 Å². The van der Waals surface area contributed by atoms with Gasteiger partial charge in [0.2, 0.25) is 0 Å². The van der Waals surface area contributed by atoms with Crippen molar-refractivity contribution < 1.29 is 4.79 Å². The number of Topliss-reactive ketones (excluding diaryl/α,β-unsaturated/α-hetero) is 1. The number of benzene rings is 1. The van der Waals surface area contributed by atoms with Crippen LogP contribution in [0.15, 0.2) is 18.2 Å². The van der Waals surface area contributed by atoms with Crippen LogP contribution in [0.25, 0.3) is 0 Å². The summed E-state index contributed by atoms with van der Waals surface area (Å²) in [5.41, 5.74) is 4.09. The van der Waals surface area contributed by atoms with Gasteiger partial charge in [-0.25, -0.2) is 0 Å². The number of nitrogens with zero attached hydrogens (tertiary/aromatic N) is 1. The van der Waals surface area contributed by atoms with Gasteiger partial charge >= 0.3 is 0 Å². The molecule has 0 radical (unpaired) electrons. The summed E-state index contributed by atoms with van der Waals surface area (Å²) in [7, 11) is 2.11. The molecule has 0 bridgehead atoms. The summed E-state index contributed by atoms with van der Waals surface area (Å²) in [6, 6.07) is 6.68. The van der Waals surface area contributed by atoms with Gasteiger partial charge < -0.3 is 9.69 Å². The largest absolute Gasteiger partial charge is 0.374 e. The van der Waals surface area contributed by atoms with Gasteiger partial charge in [-0.15, -0.1) is 0 Å². The topological polar surface area (TPSA) is 20.3 Å². The molecular formula is C17H27NO. The zero-order valence-corrected chi connectivity index (χ0v) is 13.2. The number of hydrogen-bond donors (Lipinski definition) is 0. The summed E-state index contributed by atoms with van der Waals surface area (Å²) < 4.78 is 0. The van der Waals surface area contributed by atoms with Gasteiger partial charge in [-0.05, 0) is 42.9 Å². The maximum Gasteiger partial charge on any atom is 0.129 e. The zero-order valence-electron chi connectivity index (χ0n) is 13.2. The van der Waals surface area contributed by atoms with Gasteiger partial charge in [-0.1, -0.05) is 32.9 Å². The van der Waals surface area contributed by atoms with Crippen LogP contribution in [0, 0.1) is 6.92 Å². The van der Waals surface area contributed by atoms with E-state index in [1.54, 1.807) is 6.92 Å². The second-order valence-electron chi connectivity index (χ2n) is 6.48. The van der Waals surface area contributed by atoms with Crippen molar-refractivity contribution in [2.75, 3.05) is 18.5 Å². The smallest absolute Gasteiger partial charge is 0.129 e. The van der Waals surface area contributed by atoms with Crippen LogP contribution >= 0.6 is 0 Å². The van der Waals surface area contributed by atoms with Crippen LogP contribution in [0.3, 0.4) is 0 Å². The molecule has 1 aromatic rings. The molecule has 106 valence electrons. The molecule has 0 saturated heterocycles. The maximum absolute atomic E-state index is 11.0. The van der Waals surface area contributed by atoms with E-state index in [9.17, 15) is 4.79 Å². The summed E-state index contributed by atoms with van der Waals surface area (Å²) in [5.74, 6) is 0.272. The molecule has 0 aliphatic rings. The van der Waals surface area contributed by atoms with Crippen molar-refractivity contribution in [1.29, 1.82) is 0 Å². The molecule has 0 unspecified atom stereocenters. The highest BCUT2D eigenvalue weighted by molar-refractivity contribution is 5.75. The number of hydrogen-bond acceptors (Lipinski definition) is 2. The lowest BCUT2D eigenvalue weighted by molar-refractivity contribution is -0.117. The Balaban J connectivity index is 2.83. The lowest BCUT2D eigenvalue weighted by Crippen LogP contribution is -2.21. The molecule has 2 heteroatoms. The average molecular weight is 261 g/mol. The number of aryl methyl sites for hydroxylation is 1. The molecule has 1 rings (SSSR count). The van der Waals surface area contributed by atoms with E-state index in [1.165, 1.54) is 16.8 Å². The van der Waals surface area contributed by atoms with Gasteiger partial charge in [-0.3, -0.25) is 0 Å². The first-order valence-electron chi connectivity index (χ1n) is 7.03. The van der Waals surface area contributed by atoms with Crippen LogP contribution in [0.5, 0.6) is 0 Å². The van der Waals surface area contributed by atoms with Crippen LogP contribution < -0.4 is 4.90 Å². The summed E-state index contributed by atoms with van der Waals surface area (Å²) in [6.45, 7) is 11.4. The van der Waals surface area contributed by atoms with Crippen molar-refractivity contribution in [1.82, 2.24) is 0 Å². The van der Waals surface area contributed by atoms with E-state index in [1.807, 2.05) is 0 Å². The summed E-state index contributed by atoms with van der Waals surface area (Å²) in [6.07, 6.45) is 1.59. The number of carbonyl (C=O) groups excluding carboxylic acids is 1. The minimum absolute atomic E-state index is 0.169. The van der Waals surface area contributed by atoms with Crippen molar-refractivity contribution in [2.24, 2.45) is 0 Å². The van der Waals surface area contributed by atoms with E-state index in [-0.39, 0.29) is 11.2 Å². The predicted octanol–water partition coefficient (Wildman–Crippen LogP) is 4.10. The summed E-state index contributed by atoms with van der Waals surface area (Å²) >= 11 is 0. The minimum Gasteiger partial charge on any atom is -0.374 e. The van der Waals surface area contributed by atoms with Crippen molar-refractivity contribution in [2.45, 2.75) is 52.9 Å². The van der Waals surface area contributed by atoms with E-state index in [4.69, 9.17) is 0 Å². The van der Waals surface area contributed by atoms with Crippen LogP contribution in [0.1, 0.15) is 51.7 Å². The fourth-order valence-corrected chi connectivity index (χ4v) is 2.17. The Hall–Kier alpha value is -1.31. The molecule has 2 nitrogen and oxygen atoms in total. The fourth-order valence-electron chi connectivity index (χ4n) is 2.17. The normalized spacial score (nSPS) is 11.5. The molecule has 0 N–H and O–H groups in total. The lowest BCUT2D eigenvalue weighted by Gasteiger charge is -2.26. The zero-order chi connectivity index (χ0) is 14.6. The molecule has 0 spiro atoms. The Kier molecular flexibility index (Phi) is 5.16. The average Bonchev–Trinajstić information content (AvgIpc) is 2.27. The maximum atomic E-state index is 11.0. The highest BCUT2D eigenvalue weighted by Crippen LogP contribution is 2.28. The van der Waals surface area contributed by atoms with Crippen molar-refractivity contribution >= 4 is 11.5 Å². The van der Waals surface area contributed by atoms with Crippen molar-refractivity contribution in [3.8, 4) is 0 Å². The lowest BCUT2D eigenvalue weighted by atomic mass is 9.86. The Bertz CT molecular complexity index is 443. The first-order valence-corrected chi connectivity index (χ1v) is 7.03. The number of carbonyl (C=O) groups is 1. The quantitative estimate of drug-likeness (QED) is 0.795. The Morgan fingerprint density at radius 2 is 1.89 bits per heavy atom. The molecule has 0 saturated carbocycles. The third-order valence-corrected chi connectivity index (χ3v) is 3.51. The molecule has 0 aromatic heterocycles. The molecule has 0 aliphatic heterocycles. The molecule has 1 aromatic carbocycles. The van der Waals surface area contributed by atoms with Crippen molar-refractivity contribution in [3.05, 3.63) is 29.3 Å². The van der Waals surface area contributed by atoms with Gasteiger partial charge in [0.25, 0.3) is 0 Å². The first kappa shape index (κ1) is 15.7. The van der Waals surface area contributed by atoms with Crippen LogP contribution in [0.4, 0.5) is 5.69 Å². The number of anilines is 1. The van der Waals surface area contributed by atoms with E-state index >= 15 is 0 Å². The number of rotatable bonds is 5. The minimum atomic E-state index is 0.169. The molecule has 0 fully saturated rings. The van der Waals surface area contributed by atoms with E-state index in [0.29, 0.717) is 6.42 Å². The van der Waals surface area contributed by atoms with E-state index in [2.05, 4.69) is 57.8 Å². The standard InChI is InChI=1S/C17H27NO/c1-13-9-10-15(17(3,4)5)12-16(13)18(6)11-7-8-14(2)19/h9-10,12H,7-8,11H2,1-6H3. The molecular weight excluding hydrogens is 234 g/mol.